The number of rotatable bonds is 0. The average molecular weight is 609 g/mol. The van der Waals surface area contributed by atoms with E-state index in [0.29, 0.717) is 5.92 Å². The lowest BCUT2D eigenvalue weighted by Crippen LogP contribution is -2.54. The summed E-state index contributed by atoms with van der Waals surface area (Å²) in [6, 6.07) is 60.7. The van der Waals surface area contributed by atoms with Gasteiger partial charge in [0, 0.05) is 17.7 Å². The molecule has 2 nitrogen and oxygen atoms in total. The molecule has 48 heavy (non-hydrogen) atoms. The molecule has 3 unspecified atom stereocenters. The zero-order valence-electron chi connectivity index (χ0n) is 26.1. The van der Waals surface area contributed by atoms with Crippen LogP contribution in [0.15, 0.2) is 158 Å². The first-order valence-electron chi connectivity index (χ1n) is 17.2. The molecule has 1 fully saturated rings. The van der Waals surface area contributed by atoms with E-state index in [2.05, 4.69) is 167 Å². The summed E-state index contributed by atoms with van der Waals surface area (Å²) in [4.78, 5) is 0. The highest BCUT2D eigenvalue weighted by Gasteiger charge is 2.89. The quantitative estimate of drug-likeness (QED) is 0.152. The van der Waals surface area contributed by atoms with Crippen LogP contribution in [0.3, 0.4) is 0 Å². The molecule has 0 bridgehead atoms. The number of hydrogen-bond donors (Lipinski definition) is 0. The van der Waals surface area contributed by atoms with Crippen LogP contribution in [0.1, 0.15) is 45.6 Å². The van der Waals surface area contributed by atoms with Gasteiger partial charge in [0.15, 0.2) is 5.41 Å². The molecule has 0 N–H and O–H groups in total. The molecule has 220 valence electrons. The van der Waals surface area contributed by atoms with Gasteiger partial charge in [0.05, 0.1) is 21.9 Å². The Kier molecular flexibility index (Phi) is 3.96. The van der Waals surface area contributed by atoms with E-state index in [-0.39, 0.29) is 11.6 Å². The molecule has 3 atom stereocenters. The SMILES string of the molecule is c1ccc2c(c1)-c1c3ccccc3cc3[n+]1C1C2C12c1ccccc1-c1c4ccccc4cc([n+]12)C31c2ccccc2-c2ccccc21. The number of aromatic nitrogens is 2. The van der Waals surface area contributed by atoms with Crippen molar-refractivity contribution in [2.24, 2.45) is 0 Å². The molecule has 5 heterocycles. The van der Waals surface area contributed by atoms with E-state index >= 15 is 0 Å². The molecule has 0 saturated heterocycles. The molecule has 1 saturated carbocycles. The van der Waals surface area contributed by atoms with Gasteiger partial charge in [0.1, 0.15) is 5.92 Å². The van der Waals surface area contributed by atoms with Crippen molar-refractivity contribution in [3.8, 4) is 33.6 Å². The molecule has 5 aliphatic rings. The highest BCUT2D eigenvalue weighted by molar-refractivity contribution is 5.99. The van der Waals surface area contributed by atoms with Crippen LogP contribution in [0, 0.1) is 0 Å². The Morgan fingerprint density at radius 2 is 0.958 bits per heavy atom. The fourth-order valence-corrected chi connectivity index (χ4v) is 11.1. The van der Waals surface area contributed by atoms with Gasteiger partial charge in [-0.05, 0) is 62.9 Å². The molecule has 2 aliphatic carbocycles. The van der Waals surface area contributed by atoms with Crippen LogP contribution in [0.25, 0.3) is 55.2 Å². The maximum absolute atomic E-state index is 2.87. The van der Waals surface area contributed by atoms with Gasteiger partial charge in [0.25, 0.3) is 5.54 Å². The Morgan fingerprint density at radius 3 is 1.67 bits per heavy atom. The third-order valence-corrected chi connectivity index (χ3v) is 12.6. The molecular weight excluding hydrogens is 581 g/mol. The van der Waals surface area contributed by atoms with E-state index in [4.69, 9.17) is 0 Å². The molecule has 6 aromatic carbocycles. The lowest BCUT2D eigenvalue weighted by atomic mass is 9.70. The summed E-state index contributed by atoms with van der Waals surface area (Å²) in [6.07, 6.45) is 0. The van der Waals surface area contributed by atoms with E-state index in [9.17, 15) is 0 Å². The monoisotopic (exact) mass is 608 g/mol. The standard InChI is InChI=1S/C46H28N2/c1-3-15-29-27(13-1)25-39-45(36-22-10-7-17-31(36)32-18-8-11-23-37(32)45)40-26-28-14-2-4-16-30(28)43-35-21-9-12-24-38(35)46(48(40)43)41-33-19-5-6-20-34(33)42(29)47(39)44(41)46/h1-26,41,44H/q+2. The molecule has 0 amide bonds. The maximum Gasteiger partial charge on any atom is 0.270 e. The predicted octanol–water partition coefficient (Wildman–Crippen LogP) is 8.99. The van der Waals surface area contributed by atoms with Crippen molar-refractivity contribution >= 4 is 21.5 Å². The Balaban J connectivity index is 1.38. The number of pyridine rings is 2. The zero-order valence-corrected chi connectivity index (χ0v) is 26.1. The average Bonchev–Trinajstić information content (AvgIpc) is 3.65. The summed E-state index contributed by atoms with van der Waals surface area (Å²) >= 11 is 0. The Hall–Kier alpha value is -5.86. The second-order valence-corrected chi connectivity index (χ2v) is 14.4. The highest BCUT2D eigenvalue weighted by atomic mass is 15.3. The predicted molar refractivity (Wildman–Crippen MR) is 189 cm³/mol. The number of nitrogens with zero attached hydrogens (tertiary/aromatic N) is 2. The number of hydrogen-bond acceptors (Lipinski definition) is 0. The molecule has 2 spiro atoms. The van der Waals surface area contributed by atoms with Gasteiger partial charge < -0.3 is 0 Å². The van der Waals surface area contributed by atoms with Crippen molar-refractivity contribution in [2.45, 2.75) is 22.9 Å². The molecule has 2 heteroatoms. The van der Waals surface area contributed by atoms with Crippen molar-refractivity contribution in [1.82, 2.24) is 0 Å². The van der Waals surface area contributed by atoms with E-state index in [0.717, 1.165) is 0 Å². The summed E-state index contributed by atoms with van der Waals surface area (Å²) in [7, 11) is 0. The Labute approximate surface area is 277 Å². The second-order valence-electron chi connectivity index (χ2n) is 14.4. The first-order chi connectivity index (χ1) is 23.8. The molecule has 3 aliphatic heterocycles. The van der Waals surface area contributed by atoms with Crippen LogP contribution < -0.4 is 9.13 Å². The van der Waals surface area contributed by atoms with Gasteiger partial charge in [-0.2, -0.15) is 9.13 Å². The third kappa shape index (κ3) is 2.34. The summed E-state index contributed by atoms with van der Waals surface area (Å²) in [5.41, 5.74) is 15.8. The van der Waals surface area contributed by atoms with Crippen LogP contribution in [-0.2, 0) is 11.0 Å². The lowest BCUT2D eigenvalue weighted by molar-refractivity contribution is -0.766. The molecule has 8 aromatic rings. The molecule has 13 rings (SSSR count). The topological polar surface area (TPSA) is 7.76 Å². The summed E-state index contributed by atoms with van der Waals surface area (Å²) in [5, 5.41) is 5.26. The molecular formula is C46H28N2+2. The summed E-state index contributed by atoms with van der Waals surface area (Å²) < 4.78 is 5.72. The minimum Gasteiger partial charge on any atom is -0.182 e. The zero-order chi connectivity index (χ0) is 30.9. The van der Waals surface area contributed by atoms with Gasteiger partial charge >= 0.3 is 0 Å². The number of benzene rings is 6. The van der Waals surface area contributed by atoms with Crippen LogP contribution in [0.5, 0.6) is 0 Å². The molecule has 0 radical (unpaired) electrons. The van der Waals surface area contributed by atoms with Gasteiger partial charge in [-0.25, -0.2) is 0 Å². The first-order valence-corrected chi connectivity index (χ1v) is 17.2. The van der Waals surface area contributed by atoms with Crippen LogP contribution in [0.4, 0.5) is 0 Å². The van der Waals surface area contributed by atoms with Crippen LogP contribution in [-0.4, -0.2) is 0 Å². The lowest BCUT2D eigenvalue weighted by Gasteiger charge is -2.30. The Bertz CT molecular complexity index is 2730. The van der Waals surface area contributed by atoms with E-state index in [1.54, 1.807) is 0 Å². The molecule has 2 aromatic heterocycles. The number of fused-ring (bicyclic) bond motifs is 16. The minimum absolute atomic E-state index is 0.244. The second kappa shape index (κ2) is 7.81. The van der Waals surface area contributed by atoms with E-state index in [1.165, 1.54) is 88.8 Å². The largest absolute Gasteiger partial charge is 0.270 e. The van der Waals surface area contributed by atoms with Crippen LogP contribution >= 0.6 is 0 Å². The van der Waals surface area contributed by atoms with Crippen molar-refractivity contribution in [3.63, 3.8) is 0 Å². The van der Waals surface area contributed by atoms with Gasteiger partial charge in [-0.15, -0.1) is 0 Å². The van der Waals surface area contributed by atoms with Gasteiger partial charge in [0.2, 0.25) is 28.8 Å². The normalized spacial score (nSPS) is 21.6. The maximum atomic E-state index is 2.87. The minimum atomic E-state index is -0.524. The summed E-state index contributed by atoms with van der Waals surface area (Å²) in [6.45, 7) is 0. The van der Waals surface area contributed by atoms with Crippen molar-refractivity contribution in [3.05, 3.63) is 191 Å². The van der Waals surface area contributed by atoms with Crippen molar-refractivity contribution < 1.29 is 9.13 Å². The fourth-order valence-electron chi connectivity index (χ4n) is 11.1. The van der Waals surface area contributed by atoms with E-state index in [1.807, 2.05) is 0 Å². The van der Waals surface area contributed by atoms with Crippen molar-refractivity contribution in [1.29, 1.82) is 0 Å². The van der Waals surface area contributed by atoms with Crippen molar-refractivity contribution in [2.75, 3.05) is 0 Å². The van der Waals surface area contributed by atoms with E-state index < -0.39 is 5.41 Å². The van der Waals surface area contributed by atoms with Crippen LogP contribution in [0.2, 0.25) is 0 Å². The highest BCUT2D eigenvalue weighted by Crippen LogP contribution is 2.73. The first kappa shape index (κ1) is 24.3. The smallest absolute Gasteiger partial charge is 0.182 e. The summed E-state index contributed by atoms with van der Waals surface area (Å²) in [5.74, 6) is 0.322. The van der Waals surface area contributed by atoms with Gasteiger partial charge in [-0.3, -0.25) is 0 Å². The fraction of sp³-hybridized carbons (Fsp3) is 0.0870. The Morgan fingerprint density at radius 1 is 0.438 bits per heavy atom. The van der Waals surface area contributed by atoms with Gasteiger partial charge in [-0.1, -0.05) is 121 Å². The third-order valence-electron chi connectivity index (χ3n) is 12.6.